The maximum atomic E-state index is 12.2. The molecule has 0 aliphatic carbocycles. The largest absolute Gasteiger partial charge is 0.481 e. The number of nitrogens with one attached hydrogen (secondary N) is 1. The van der Waals surface area contributed by atoms with Gasteiger partial charge in [0.05, 0.1) is 6.21 Å². The molecule has 1 atom stereocenters. The number of nitrogens with zero attached hydrogens (tertiary/aromatic N) is 1. The molecule has 0 aromatic heterocycles. The molecule has 2 aromatic rings. The lowest BCUT2D eigenvalue weighted by Crippen LogP contribution is -2.33. The second-order valence-electron chi connectivity index (χ2n) is 6.23. The highest BCUT2D eigenvalue weighted by Gasteiger charge is 2.15. The first-order chi connectivity index (χ1) is 11.9. The third kappa shape index (κ3) is 5.61. The highest BCUT2D eigenvalue weighted by atomic mass is 35.5. The monoisotopic (exact) mass is 358 g/mol. The molecule has 25 heavy (non-hydrogen) atoms. The van der Waals surface area contributed by atoms with Crippen LogP contribution in [0.5, 0.6) is 5.75 Å². The third-order valence-electron chi connectivity index (χ3n) is 3.79. The molecule has 0 aliphatic rings. The van der Waals surface area contributed by atoms with Gasteiger partial charge in [-0.15, -0.1) is 0 Å². The van der Waals surface area contributed by atoms with Crippen molar-refractivity contribution in [3.63, 3.8) is 0 Å². The number of ether oxygens (including phenoxy) is 1. The van der Waals surface area contributed by atoms with Crippen LogP contribution in [-0.2, 0) is 4.79 Å². The van der Waals surface area contributed by atoms with Gasteiger partial charge in [0.1, 0.15) is 5.75 Å². The van der Waals surface area contributed by atoms with Crippen LogP contribution in [-0.4, -0.2) is 18.2 Å². The Kier molecular flexibility index (Phi) is 6.59. The molecule has 0 unspecified atom stereocenters. The summed E-state index contributed by atoms with van der Waals surface area (Å²) in [6, 6.07) is 13.3. The van der Waals surface area contributed by atoms with Crippen LogP contribution in [0.4, 0.5) is 0 Å². The molecule has 2 rings (SSSR count). The van der Waals surface area contributed by atoms with Gasteiger partial charge in [0.15, 0.2) is 6.10 Å². The summed E-state index contributed by atoms with van der Waals surface area (Å²) in [5, 5.41) is 4.57. The van der Waals surface area contributed by atoms with E-state index in [4.69, 9.17) is 16.3 Å². The zero-order valence-corrected chi connectivity index (χ0v) is 15.7. The van der Waals surface area contributed by atoms with E-state index >= 15 is 0 Å². The molecule has 0 heterocycles. The molecule has 132 valence electrons. The van der Waals surface area contributed by atoms with Crippen molar-refractivity contribution in [1.29, 1.82) is 0 Å². The Balaban J connectivity index is 1.97. The summed E-state index contributed by atoms with van der Waals surface area (Å²) in [4.78, 5) is 12.2. The van der Waals surface area contributed by atoms with Crippen molar-refractivity contribution in [3.8, 4) is 5.75 Å². The molecule has 0 saturated carbocycles. The summed E-state index contributed by atoms with van der Waals surface area (Å²) in [5.41, 5.74) is 5.46. The van der Waals surface area contributed by atoms with Crippen molar-refractivity contribution in [2.75, 3.05) is 0 Å². The van der Waals surface area contributed by atoms with E-state index in [1.807, 2.05) is 31.2 Å². The SMILES string of the molecule is Cc1ccc(C(C)C)cc1O[C@@H](C)C(=O)N/N=C\c1cccc(Cl)c1. The Labute approximate surface area is 153 Å². The number of halogens is 1. The Morgan fingerprint density at radius 2 is 1.96 bits per heavy atom. The summed E-state index contributed by atoms with van der Waals surface area (Å²) in [6.45, 7) is 7.90. The standard InChI is InChI=1S/C20H23ClN2O2/c1-13(2)17-9-8-14(3)19(11-17)25-15(4)20(24)23-22-12-16-6-5-7-18(21)10-16/h5-13,15H,1-4H3,(H,23,24)/b22-12-/t15-/m0/s1. The van der Waals surface area contributed by atoms with E-state index < -0.39 is 6.10 Å². The van der Waals surface area contributed by atoms with Gasteiger partial charge in [0, 0.05) is 5.02 Å². The van der Waals surface area contributed by atoms with Crippen LogP contribution in [0, 0.1) is 6.92 Å². The molecule has 0 fully saturated rings. The lowest BCUT2D eigenvalue weighted by Gasteiger charge is -2.16. The maximum Gasteiger partial charge on any atom is 0.280 e. The maximum absolute atomic E-state index is 12.2. The van der Waals surface area contributed by atoms with Crippen LogP contribution >= 0.6 is 11.6 Å². The van der Waals surface area contributed by atoms with Crippen molar-refractivity contribution in [1.82, 2.24) is 5.43 Å². The van der Waals surface area contributed by atoms with E-state index in [9.17, 15) is 4.79 Å². The topological polar surface area (TPSA) is 50.7 Å². The van der Waals surface area contributed by atoms with Crippen LogP contribution in [0.3, 0.4) is 0 Å². The van der Waals surface area contributed by atoms with Crippen molar-refractivity contribution in [2.24, 2.45) is 5.10 Å². The van der Waals surface area contributed by atoms with Crippen LogP contribution < -0.4 is 10.2 Å². The number of amides is 1. The number of hydrogen-bond donors (Lipinski definition) is 1. The molecule has 0 radical (unpaired) electrons. The van der Waals surface area contributed by atoms with E-state index in [1.165, 1.54) is 5.56 Å². The minimum absolute atomic E-state index is 0.312. The van der Waals surface area contributed by atoms with Crippen molar-refractivity contribution in [2.45, 2.75) is 39.7 Å². The van der Waals surface area contributed by atoms with Crippen LogP contribution in [0.25, 0.3) is 0 Å². The Bertz CT molecular complexity index is 772. The molecule has 0 spiro atoms. The predicted octanol–water partition coefficient (Wildman–Crippen LogP) is 4.69. The van der Waals surface area contributed by atoms with E-state index in [-0.39, 0.29) is 5.91 Å². The fraction of sp³-hybridized carbons (Fsp3) is 0.300. The number of hydrazone groups is 1. The molecular formula is C20H23ClN2O2. The molecule has 5 heteroatoms. The predicted molar refractivity (Wildman–Crippen MR) is 103 cm³/mol. The number of carbonyl (C=O) groups is 1. The fourth-order valence-electron chi connectivity index (χ4n) is 2.19. The summed E-state index contributed by atoms with van der Waals surface area (Å²) >= 11 is 5.91. The Morgan fingerprint density at radius 1 is 1.20 bits per heavy atom. The molecule has 4 nitrogen and oxygen atoms in total. The van der Waals surface area contributed by atoms with Gasteiger partial charge in [-0.3, -0.25) is 4.79 Å². The fourth-order valence-corrected chi connectivity index (χ4v) is 2.39. The molecule has 0 saturated heterocycles. The first-order valence-electron chi connectivity index (χ1n) is 8.22. The van der Waals surface area contributed by atoms with E-state index in [0.29, 0.717) is 16.7 Å². The lowest BCUT2D eigenvalue weighted by molar-refractivity contribution is -0.127. The van der Waals surface area contributed by atoms with Gasteiger partial charge >= 0.3 is 0 Å². The summed E-state index contributed by atoms with van der Waals surface area (Å²) < 4.78 is 5.81. The summed E-state index contributed by atoms with van der Waals surface area (Å²) in [7, 11) is 0. The minimum Gasteiger partial charge on any atom is -0.481 e. The average Bonchev–Trinajstić information content (AvgIpc) is 2.56. The van der Waals surface area contributed by atoms with Crippen LogP contribution in [0.2, 0.25) is 5.02 Å². The van der Waals surface area contributed by atoms with Crippen LogP contribution in [0.15, 0.2) is 47.6 Å². The normalized spacial score (nSPS) is 12.4. The first kappa shape index (κ1) is 19.0. The number of hydrogen-bond acceptors (Lipinski definition) is 3. The Morgan fingerprint density at radius 3 is 2.64 bits per heavy atom. The van der Waals surface area contributed by atoms with Crippen LogP contribution in [0.1, 0.15) is 43.4 Å². The molecular weight excluding hydrogens is 336 g/mol. The second-order valence-corrected chi connectivity index (χ2v) is 6.67. The second kappa shape index (κ2) is 8.67. The lowest BCUT2D eigenvalue weighted by atomic mass is 10.0. The Hall–Kier alpha value is -2.33. The first-order valence-corrected chi connectivity index (χ1v) is 8.60. The number of benzene rings is 2. The number of carbonyl (C=O) groups excluding carboxylic acids is 1. The highest BCUT2D eigenvalue weighted by Crippen LogP contribution is 2.25. The van der Waals surface area contributed by atoms with Gasteiger partial charge in [0.25, 0.3) is 5.91 Å². The molecule has 2 aromatic carbocycles. The van der Waals surface area contributed by atoms with Crippen molar-refractivity contribution in [3.05, 3.63) is 64.2 Å². The smallest absolute Gasteiger partial charge is 0.280 e. The van der Waals surface area contributed by atoms with Crippen molar-refractivity contribution < 1.29 is 9.53 Å². The zero-order chi connectivity index (χ0) is 18.4. The molecule has 1 N–H and O–H groups in total. The average molecular weight is 359 g/mol. The van der Waals surface area contributed by atoms with E-state index in [1.54, 1.807) is 25.3 Å². The minimum atomic E-state index is -0.655. The third-order valence-corrected chi connectivity index (χ3v) is 4.02. The van der Waals surface area contributed by atoms with Gasteiger partial charge in [-0.05, 0) is 54.7 Å². The van der Waals surface area contributed by atoms with Gasteiger partial charge in [-0.25, -0.2) is 5.43 Å². The van der Waals surface area contributed by atoms with E-state index in [2.05, 4.69) is 30.4 Å². The summed E-state index contributed by atoms with van der Waals surface area (Å²) in [5.74, 6) is 0.801. The molecule has 0 bridgehead atoms. The molecule has 0 aliphatic heterocycles. The van der Waals surface area contributed by atoms with E-state index in [0.717, 1.165) is 11.1 Å². The summed E-state index contributed by atoms with van der Waals surface area (Å²) in [6.07, 6.45) is 0.888. The van der Waals surface area contributed by atoms with Gasteiger partial charge in [-0.2, -0.15) is 5.10 Å². The number of rotatable bonds is 6. The van der Waals surface area contributed by atoms with Gasteiger partial charge in [0.2, 0.25) is 0 Å². The quantitative estimate of drug-likeness (QED) is 0.601. The highest BCUT2D eigenvalue weighted by molar-refractivity contribution is 6.30. The molecule has 1 amide bonds. The van der Waals surface area contributed by atoms with Gasteiger partial charge < -0.3 is 4.74 Å². The number of aryl methyl sites for hydroxylation is 1. The van der Waals surface area contributed by atoms with Gasteiger partial charge in [-0.1, -0.05) is 49.7 Å². The zero-order valence-electron chi connectivity index (χ0n) is 14.9. The van der Waals surface area contributed by atoms with Crippen molar-refractivity contribution >= 4 is 23.7 Å².